The number of rotatable bonds is 7. The lowest BCUT2D eigenvalue weighted by molar-refractivity contribution is -0.121. The van der Waals surface area contributed by atoms with Gasteiger partial charge in [-0.1, -0.05) is 37.5 Å². The van der Waals surface area contributed by atoms with Gasteiger partial charge in [0, 0.05) is 0 Å². The van der Waals surface area contributed by atoms with Crippen LogP contribution in [0.15, 0.2) is 61.4 Å². The Morgan fingerprint density at radius 3 is 2.19 bits per heavy atom. The second-order valence-electron chi connectivity index (χ2n) is 2.91. The van der Waals surface area contributed by atoms with E-state index in [2.05, 4.69) is 13.2 Å². The second kappa shape index (κ2) is 8.17. The summed E-state index contributed by atoms with van der Waals surface area (Å²) in [7, 11) is 0. The lowest BCUT2D eigenvalue weighted by atomic mass is 10.1. The van der Waals surface area contributed by atoms with Crippen LogP contribution in [0, 0.1) is 0 Å². The first-order valence-corrected chi connectivity index (χ1v) is 4.71. The van der Waals surface area contributed by atoms with Crippen molar-refractivity contribution in [3.05, 3.63) is 61.4 Å². The van der Waals surface area contributed by atoms with Crippen LogP contribution in [0.2, 0.25) is 0 Å². The minimum absolute atomic E-state index is 0.178. The van der Waals surface area contributed by atoms with Gasteiger partial charge in [-0.2, -0.15) is 0 Å². The van der Waals surface area contributed by atoms with E-state index >= 15 is 0 Å². The zero-order chi connectivity index (χ0) is 12.4. The maximum absolute atomic E-state index is 11.3. The first kappa shape index (κ1) is 13.8. The van der Waals surface area contributed by atoms with E-state index in [0.717, 1.165) is 11.8 Å². The number of hydrogen-bond donors (Lipinski definition) is 1. The Balaban J connectivity index is 4.39. The summed E-state index contributed by atoms with van der Waals surface area (Å²) >= 11 is 0. The van der Waals surface area contributed by atoms with Crippen molar-refractivity contribution in [1.29, 1.82) is 0 Å². The molecule has 0 aromatic heterocycles. The van der Waals surface area contributed by atoms with Crippen LogP contribution in [0.1, 0.15) is 6.42 Å². The van der Waals surface area contributed by atoms with E-state index in [1.54, 1.807) is 24.3 Å². The Morgan fingerprint density at radius 2 is 1.69 bits per heavy atom. The lowest BCUT2D eigenvalue weighted by Gasteiger charge is -1.92. The fourth-order valence-electron chi connectivity index (χ4n) is 0.914. The smallest absolute Gasteiger partial charge is 0.164 e. The van der Waals surface area contributed by atoms with Gasteiger partial charge in [-0.15, -0.1) is 0 Å². The van der Waals surface area contributed by atoms with Gasteiger partial charge in [0.05, 0.1) is 6.42 Å². The van der Waals surface area contributed by atoms with E-state index in [4.69, 9.17) is 5.73 Å². The molecule has 3 nitrogen and oxygen atoms in total. The van der Waals surface area contributed by atoms with E-state index in [-0.39, 0.29) is 18.0 Å². The monoisotopic (exact) mass is 217 g/mol. The summed E-state index contributed by atoms with van der Waals surface area (Å²) in [5.74, 6) is -0.593. The Bertz CT molecular complexity index is 373. The van der Waals surface area contributed by atoms with Crippen LogP contribution >= 0.6 is 0 Å². The molecule has 0 aliphatic carbocycles. The fraction of sp³-hybridized carbons (Fsp3) is 0.0769. The van der Waals surface area contributed by atoms with Gasteiger partial charge in [-0.25, -0.2) is 0 Å². The third kappa shape index (κ3) is 6.32. The Kier molecular flexibility index (Phi) is 7.07. The van der Waals surface area contributed by atoms with Crippen LogP contribution in [0.25, 0.3) is 0 Å². The van der Waals surface area contributed by atoms with Crippen LogP contribution in [-0.2, 0) is 9.59 Å². The molecule has 0 radical (unpaired) electrons. The molecule has 0 aromatic rings. The van der Waals surface area contributed by atoms with Crippen LogP contribution < -0.4 is 5.73 Å². The number of ketones is 2. The molecule has 0 heterocycles. The van der Waals surface area contributed by atoms with Gasteiger partial charge in [-0.05, 0) is 23.9 Å². The minimum Gasteiger partial charge on any atom is -0.404 e. The van der Waals surface area contributed by atoms with E-state index in [9.17, 15) is 9.59 Å². The molecule has 0 unspecified atom stereocenters. The van der Waals surface area contributed by atoms with Crippen LogP contribution in [-0.4, -0.2) is 11.6 Å². The van der Waals surface area contributed by atoms with E-state index < -0.39 is 0 Å². The molecule has 2 N–H and O–H groups in total. The predicted molar refractivity (Wildman–Crippen MR) is 65.6 cm³/mol. The lowest BCUT2D eigenvalue weighted by Crippen LogP contribution is -2.02. The SMILES string of the molecule is C=C/C=C(C=C)/C=C/C(=O)CC(=O)/C=C/N. The maximum Gasteiger partial charge on any atom is 0.164 e. The molecular formula is C13H15NO2. The van der Waals surface area contributed by atoms with E-state index in [0.29, 0.717) is 0 Å². The molecule has 0 saturated carbocycles. The van der Waals surface area contributed by atoms with Gasteiger partial charge in [-0.3, -0.25) is 9.59 Å². The molecule has 0 aliphatic heterocycles. The second-order valence-corrected chi connectivity index (χ2v) is 2.91. The zero-order valence-corrected chi connectivity index (χ0v) is 9.06. The normalized spacial score (nSPS) is 11.9. The summed E-state index contributed by atoms with van der Waals surface area (Å²) in [6.45, 7) is 7.10. The molecule has 0 amide bonds. The van der Waals surface area contributed by atoms with Gasteiger partial charge < -0.3 is 5.73 Å². The number of carbonyl (C=O) groups is 2. The highest BCUT2D eigenvalue weighted by molar-refractivity contribution is 6.08. The van der Waals surface area contributed by atoms with Crippen molar-refractivity contribution in [3.63, 3.8) is 0 Å². The third-order valence-electron chi connectivity index (χ3n) is 1.64. The van der Waals surface area contributed by atoms with Crippen molar-refractivity contribution in [3.8, 4) is 0 Å². The summed E-state index contributed by atoms with van der Waals surface area (Å²) in [4.78, 5) is 22.3. The van der Waals surface area contributed by atoms with Crippen molar-refractivity contribution >= 4 is 11.6 Å². The average molecular weight is 217 g/mol. The Labute approximate surface area is 95.3 Å². The van der Waals surface area contributed by atoms with Crippen molar-refractivity contribution in [2.45, 2.75) is 6.42 Å². The van der Waals surface area contributed by atoms with Gasteiger partial charge in [0.2, 0.25) is 0 Å². The van der Waals surface area contributed by atoms with Gasteiger partial charge in [0.15, 0.2) is 11.6 Å². The summed E-state index contributed by atoms with van der Waals surface area (Å²) < 4.78 is 0. The molecular weight excluding hydrogens is 202 g/mol. The molecule has 0 rings (SSSR count). The summed E-state index contributed by atoms with van der Waals surface area (Å²) in [5.41, 5.74) is 5.78. The quantitative estimate of drug-likeness (QED) is 0.402. The van der Waals surface area contributed by atoms with Gasteiger partial charge in [0.25, 0.3) is 0 Å². The first-order chi connectivity index (χ1) is 7.63. The average Bonchev–Trinajstić information content (AvgIpc) is 2.24. The predicted octanol–water partition coefficient (Wildman–Crippen LogP) is 1.84. The number of hydrogen-bond acceptors (Lipinski definition) is 3. The molecule has 16 heavy (non-hydrogen) atoms. The maximum atomic E-state index is 11.3. The minimum atomic E-state index is -0.315. The third-order valence-corrected chi connectivity index (χ3v) is 1.64. The molecule has 0 bridgehead atoms. The standard InChI is InChI=1S/C13H15NO2/c1-3-5-11(4-2)6-7-12(15)10-13(16)8-9-14/h3-9H,1-2,10,14H2/b7-6+,9-8+,11-5+. The van der Waals surface area contributed by atoms with Gasteiger partial charge in [0.1, 0.15) is 0 Å². The summed E-state index contributed by atoms with van der Waals surface area (Å²) in [5, 5.41) is 0. The zero-order valence-electron chi connectivity index (χ0n) is 9.06. The van der Waals surface area contributed by atoms with Crippen LogP contribution in [0.4, 0.5) is 0 Å². The number of allylic oxidation sites excluding steroid dienone is 7. The highest BCUT2D eigenvalue weighted by atomic mass is 16.1. The first-order valence-electron chi connectivity index (χ1n) is 4.71. The molecule has 3 heteroatoms. The van der Waals surface area contributed by atoms with Crippen LogP contribution in [0.3, 0.4) is 0 Å². The van der Waals surface area contributed by atoms with Crippen LogP contribution in [0.5, 0.6) is 0 Å². The van der Waals surface area contributed by atoms with Crippen molar-refractivity contribution < 1.29 is 9.59 Å². The molecule has 0 saturated heterocycles. The Hall–Kier alpha value is -2.16. The molecule has 0 spiro atoms. The summed E-state index contributed by atoms with van der Waals surface area (Å²) in [6, 6.07) is 0. The topological polar surface area (TPSA) is 60.2 Å². The van der Waals surface area contributed by atoms with Crippen molar-refractivity contribution in [1.82, 2.24) is 0 Å². The molecule has 0 atom stereocenters. The number of nitrogens with two attached hydrogens (primary N) is 1. The highest BCUT2D eigenvalue weighted by Gasteiger charge is 2.02. The van der Waals surface area contributed by atoms with Gasteiger partial charge >= 0.3 is 0 Å². The van der Waals surface area contributed by atoms with E-state index in [1.807, 2.05) is 0 Å². The summed E-state index contributed by atoms with van der Waals surface area (Å²) in [6.07, 6.45) is 9.91. The largest absolute Gasteiger partial charge is 0.404 e. The molecule has 0 aliphatic rings. The van der Waals surface area contributed by atoms with Crippen molar-refractivity contribution in [2.75, 3.05) is 0 Å². The number of carbonyl (C=O) groups excluding carboxylic acids is 2. The molecule has 0 fully saturated rings. The fourth-order valence-corrected chi connectivity index (χ4v) is 0.914. The molecule has 84 valence electrons. The van der Waals surface area contributed by atoms with E-state index in [1.165, 1.54) is 12.2 Å². The highest BCUT2D eigenvalue weighted by Crippen LogP contribution is 1.99. The molecule has 0 aromatic carbocycles. The Morgan fingerprint density at radius 1 is 1.06 bits per heavy atom. The van der Waals surface area contributed by atoms with Crippen molar-refractivity contribution in [2.24, 2.45) is 5.73 Å².